The SMILES string of the molecule is CC(O)C(NC(=O)c1ccc(NC(=O)C=Cc2ccco2)cc1)C(=O)NO. The van der Waals surface area contributed by atoms with E-state index in [0.29, 0.717) is 11.4 Å². The fourth-order valence-electron chi connectivity index (χ4n) is 2.13. The minimum Gasteiger partial charge on any atom is -0.465 e. The smallest absolute Gasteiger partial charge is 0.268 e. The predicted octanol–water partition coefficient (Wildman–Crippen LogP) is 0.916. The summed E-state index contributed by atoms with van der Waals surface area (Å²) < 4.78 is 5.08. The zero-order chi connectivity index (χ0) is 19.8. The number of hydroxylamine groups is 1. The largest absolute Gasteiger partial charge is 0.465 e. The highest BCUT2D eigenvalue weighted by atomic mass is 16.5. The van der Waals surface area contributed by atoms with Gasteiger partial charge in [0.05, 0.1) is 12.4 Å². The highest BCUT2D eigenvalue weighted by Crippen LogP contribution is 2.11. The Balaban J connectivity index is 1.96. The van der Waals surface area contributed by atoms with Gasteiger partial charge in [-0.15, -0.1) is 0 Å². The normalized spacial score (nSPS) is 13.0. The van der Waals surface area contributed by atoms with Crippen molar-refractivity contribution in [2.24, 2.45) is 0 Å². The molecular weight excluding hydrogens is 354 g/mol. The minimum absolute atomic E-state index is 0.204. The van der Waals surface area contributed by atoms with Crippen LogP contribution in [0.15, 0.2) is 53.2 Å². The predicted molar refractivity (Wildman–Crippen MR) is 95.7 cm³/mol. The van der Waals surface area contributed by atoms with Crippen LogP contribution in [-0.2, 0) is 9.59 Å². The number of anilines is 1. The zero-order valence-electron chi connectivity index (χ0n) is 14.4. The van der Waals surface area contributed by atoms with Crippen LogP contribution in [0.1, 0.15) is 23.0 Å². The molecule has 0 radical (unpaired) electrons. The van der Waals surface area contributed by atoms with Crippen molar-refractivity contribution in [1.29, 1.82) is 0 Å². The first-order valence-corrected chi connectivity index (χ1v) is 7.96. The summed E-state index contributed by atoms with van der Waals surface area (Å²) in [7, 11) is 0. The Hall–Kier alpha value is -3.43. The van der Waals surface area contributed by atoms with E-state index in [-0.39, 0.29) is 11.5 Å². The molecule has 0 spiro atoms. The van der Waals surface area contributed by atoms with Crippen LogP contribution in [0.25, 0.3) is 6.08 Å². The first-order chi connectivity index (χ1) is 12.9. The van der Waals surface area contributed by atoms with E-state index < -0.39 is 24.0 Å². The number of amides is 3. The van der Waals surface area contributed by atoms with Gasteiger partial charge in [-0.3, -0.25) is 19.6 Å². The van der Waals surface area contributed by atoms with Gasteiger partial charge in [-0.05, 0) is 49.4 Å². The average molecular weight is 373 g/mol. The van der Waals surface area contributed by atoms with Crippen LogP contribution in [-0.4, -0.2) is 40.2 Å². The molecule has 2 atom stereocenters. The van der Waals surface area contributed by atoms with Gasteiger partial charge in [-0.1, -0.05) is 0 Å². The molecule has 2 rings (SSSR count). The molecule has 0 fully saturated rings. The molecule has 0 aliphatic heterocycles. The van der Waals surface area contributed by atoms with Crippen molar-refractivity contribution < 1.29 is 29.1 Å². The van der Waals surface area contributed by atoms with E-state index in [1.54, 1.807) is 12.1 Å². The van der Waals surface area contributed by atoms with Crippen LogP contribution in [0, 0.1) is 0 Å². The molecule has 142 valence electrons. The second-order valence-corrected chi connectivity index (χ2v) is 5.58. The first kappa shape index (κ1) is 19.9. The number of nitrogens with one attached hydrogen (secondary N) is 3. The highest BCUT2D eigenvalue weighted by Gasteiger charge is 2.25. The maximum Gasteiger partial charge on any atom is 0.268 e. The molecule has 2 unspecified atom stereocenters. The lowest BCUT2D eigenvalue weighted by Gasteiger charge is -2.19. The highest BCUT2D eigenvalue weighted by molar-refractivity contribution is 6.02. The lowest BCUT2D eigenvalue weighted by Crippen LogP contribution is -2.51. The van der Waals surface area contributed by atoms with Crippen LogP contribution >= 0.6 is 0 Å². The van der Waals surface area contributed by atoms with Crippen molar-refractivity contribution in [3.8, 4) is 0 Å². The van der Waals surface area contributed by atoms with Crippen molar-refractivity contribution in [3.63, 3.8) is 0 Å². The van der Waals surface area contributed by atoms with E-state index >= 15 is 0 Å². The molecule has 0 bridgehead atoms. The Morgan fingerprint density at radius 1 is 1.15 bits per heavy atom. The van der Waals surface area contributed by atoms with Gasteiger partial charge in [0.25, 0.3) is 11.8 Å². The quantitative estimate of drug-likeness (QED) is 0.278. The second kappa shape index (κ2) is 9.32. The average Bonchev–Trinajstić information content (AvgIpc) is 3.17. The Morgan fingerprint density at radius 3 is 2.41 bits per heavy atom. The van der Waals surface area contributed by atoms with Crippen LogP contribution in [0.3, 0.4) is 0 Å². The summed E-state index contributed by atoms with van der Waals surface area (Å²) in [6.07, 6.45) is 3.11. The fraction of sp³-hybridized carbons (Fsp3) is 0.167. The van der Waals surface area contributed by atoms with Gasteiger partial charge in [0.2, 0.25) is 5.91 Å². The van der Waals surface area contributed by atoms with E-state index in [1.807, 2.05) is 0 Å². The van der Waals surface area contributed by atoms with Crippen LogP contribution in [0.4, 0.5) is 5.69 Å². The van der Waals surface area contributed by atoms with Crippen LogP contribution < -0.4 is 16.1 Å². The lowest BCUT2D eigenvalue weighted by atomic mass is 10.1. The third-order valence-electron chi connectivity index (χ3n) is 3.52. The van der Waals surface area contributed by atoms with Crippen LogP contribution in [0.5, 0.6) is 0 Å². The molecule has 3 amide bonds. The number of hydrogen-bond donors (Lipinski definition) is 5. The summed E-state index contributed by atoms with van der Waals surface area (Å²) in [6, 6.07) is 8.00. The monoisotopic (exact) mass is 373 g/mol. The molecular formula is C18H19N3O6. The molecule has 9 nitrogen and oxygen atoms in total. The third kappa shape index (κ3) is 5.80. The van der Waals surface area contributed by atoms with Crippen molar-refractivity contribution in [2.75, 3.05) is 5.32 Å². The number of aliphatic hydroxyl groups is 1. The summed E-state index contributed by atoms with van der Waals surface area (Å²) in [4.78, 5) is 35.4. The van der Waals surface area contributed by atoms with E-state index in [1.165, 1.54) is 55.1 Å². The van der Waals surface area contributed by atoms with Gasteiger partial charge in [0, 0.05) is 17.3 Å². The standard InChI is InChI=1S/C18H19N3O6/c1-11(22)16(18(25)21-26)20-17(24)12-4-6-13(7-5-12)19-15(23)9-8-14-3-2-10-27-14/h2-11,16,22,26H,1H3,(H,19,23)(H,20,24)(H,21,25). The number of aliphatic hydroxyl groups excluding tert-OH is 1. The van der Waals surface area contributed by atoms with Crippen molar-refractivity contribution >= 4 is 29.5 Å². The summed E-state index contributed by atoms with van der Waals surface area (Å²) >= 11 is 0. The number of rotatable bonds is 7. The molecule has 5 N–H and O–H groups in total. The first-order valence-electron chi connectivity index (χ1n) is 7.96. The topological polar surface area (TPSA) is 141 Å². The molecule has 0 aliphatic carbocycles. The minimum atomic E-state index is -1.31. The van der Waals surface area contributed by atoms with Crippen molar-refractivity contribution in [1.82, 2.24) is 10.8 Å². The molecule has 1 aromatic heterocycles. The van der Waals surface area contributed by atoms with Crippen molar-refractivity contribution in [3.05, 3.63) is 60.1 Å². The van der Waals surface area contributed by atoms with Gasteiger partial charge in [-0.25, -0.2) is 5.48 Å². The Kier molecular flexibility index (Phi) is 6.86. The Morgan fingerprint density at radius 2 is 1.85 bits per heavy atom. The summed E-state index contributed by atoms with van der Waals surface area (Å²) in [5.41, 5.74) is 2.04. The van der Waals surface area contributed by atoms with Gasteiger partial charge in [-0.2, -0.15) is 0 Å². The summed E-state index contributed by atoms with van der Waals surface area (Å²) in [6.45, 7) is 1.30. The summed E-state index contributed by atoms with van der Waals surface area (Å²) in [5, 5.41) is 23.1. The third-order valence-corrected chi connectivity index (χ3v) is 3.52. The van der Waals surface area contributed by atoms with Crippen LogP contribution in [0.2, 0.25) is 0 Å². The Labute approximate surface area is 154 Å². The van der Waals surface area contributed by atoms with Gasteiger partial charge < -0.3 is 20.2 Å². The molecule has 0 saturated heterocycles. The number of benzene rings is 1. The molecule has 9 heteroatoms. The molecule has 1 heterocycles. The lowest BCUT2D eigenvalue weighted by molar-refractivity contribution is -0.133. The Bertz CT molecular complexity index is 812. The maximum absolute atomic E-state index is 12.2. The summed E-state index contributed by atoms with van der Waals surface area (Å²) in [5.74, 6) is -1.40. The van der Waals surface area contributed by atoms with E-state index in [9.17, 15) is 19.5 Å². The van der Waals surface area contributed by atoms with E-state index in [2.05, 4.69) is 10.6 Å². The number of carbonyl (C=O) groups excluding carboxylic acids is 3. The second-order valence-electron chi connectivity index (χ2n) is 5.58. The number of furan rings is 1. The molecule has 1 aromatic carbocycles. The molecule has 27 heavy (non-hydrogen) atoms. The zero-order valence-corrected chi connectivity index (χ0v) is 14.4. The van der Waals surface area contributed by atoms with E-state index in [0.717, 1.165) is 0 Å². The molecule has 0 saturated carbocycles. The molecule has 0 aliphatic rings. The fourth-order valence-corrected chi connectivity index (χ4v) is 2.13. The number of hydrogen-bond acceptors (Lipinski definition) is 6. The van der Waals surface area contributed by atoms with Gasteiger partial charge in [0.15, 0.2) is 0 Å². The van der Waals surface area contributed by atoms with Crippen molar-refractivity contribution in [2.45, 2.75) is 19.1 Å². The van der Waals surface area contributed by atoms with E-state index in [4.69, 9.17) is 9.62 Å². The van der Waals surface area contributed by atoms with Gasteiger partial charge >= 0.3 is 0 Å². The van der Waals surface area contributed by atoms with Gasteiger partial charge in [0.1, 0.15) is 11.8 Å². The molecule has 2 aromatic rings. The maximum atomic E-state index is 12.2. The number of carbonyl (C=O) groups is 3.